The van der Waals surface area contributed by atoms with Crippen LogP contribution in [0.5, 0.6) is 0 Å². The zero-order valence-corrected chi connectivity index (χ0v) is 15.2. The lowest BCUT2D eigenvalue weighted by Crippen LogP contribution is -2.42. The largest absolute Gasteiger partial charge is 0.480 e. The molecule has 7 heteroatoms. The van der Waals surface area contributed by atoms with Gasteiger partial charge in [0.2, 0.25) is 0 Å². The quantitative estimate of drug-likeness (QED) is 0.602. The first-order valence-corrected chi connectivity index (χ1v) is 8.60. The topological polar surface area (TPSA) is 108 Å². The predicted molar refractivity (Wildman–Crippen MR) is 103 cm³/mol. The van der Waals surface area contributed by atoms with E-state index in [-0.39, 0.29) is 18.5 Å². The van der Waals surface area contributed by atoms with Crippen molar-refractivity contribution in [3.05, 3.63) is 65.7 Å². The molecule has 4 N–H and O–H groups in total. The van der Waals surface area contributed by atoms with E-state index in [1.807, 2.05) is 44.2 Å². The van der Waals surface area contributed by atoms with Crippen LogP contribution in [0.1, 0.15) is 29.8 Å². The molecule has 0 saturated heterocycles. The summed E-state index contributed by atoms with van der Waals surface area (Å²) in [5.74, 6) is -1.59. The molecule has 0 aliphatic carbocycles. The fraction of sp³-hybridized carbons (Fsp3) is 0.250. The van der Waals surface area contributed by atoms with Gasteiger partial charge >= 0.3 is 12.0 Å². The number of hydrogen-bond donors (Lipinski definition) is 4. The highest BCUT2D eigenvalue weighted by atomic mass is 16.4. The smallest absolute Gasteiger partial charge is 0.326 e. The molecule has 142 valence electrons. The van der Waals surface area contributed by atoms with E-state index in [4.69, 9.17) is 0 Å². The van der Waals surface area contributed by atoms with Gasteiger partial charge < -0.3 is 21.1 Å². The van der Waals surface area contributed by atoms with Crippen molar-refractivity contribution in [1.29, 1.82) is 0 Å². The Morgan fingerprint density at radius 2 is 1.56 bits per heavy atom. The number of rotatable bonds is 7. The second kappa shape index (κ2) is 9.38. The average Bonchev–Trinajstić information content (AvgIpc) is 2.61. The number of hydrogen-bond acceptors (Lipinski definition) is 3. The van der Waals surface area contributed by atoms with Crippen LogP contribution >= 0.6 is 0 Å². The van der Waals surface area contributed by atoms with Gasteiger partial charge in [-0.1, -0.05) is 30.3 Å². The lowest BCUT2D eigenvalue weighted by Gasteiger charge is -2.15. The molecule has 0 bridgehead atoms. The molecule has 1 atom stereocenters. The third kappa shape index (κ3) is 6.47. The van der Waals surface area contributed by atoms with Crippen molar-refractivity contribution < 1.29 is 19.5 Å². The maximum Gasteiger partial charge on any atom is 0.326 e. The lowest BCUT2D eigenvalue weighted by molar-refractivity contribution is -0.139. The maximum atomic E-state index is 12.4. The summed E-state index contributed by atoms with van der Waals surface area (Å²) >= 11 is 0. The number of carbonyl (C=O) groups is 3. The third-order valence-corrected chi connectivity index (χ3v) is 3.71. The summed E-state index contributed by atoms with van der Waals surface area (Å²) < 4.78 is 0. The Bertz CT molecular complexity index is 789. The van der Waals surface area contributed by atoms with E-state index >= 15 is 0 Å². The van der Waals surface area contributed by atoms with Gasteiger partial charge in [0.25, 0.3) is 5.91 Å². The third-order valence-electron chi connectivity index (χ3n) is 3.71. The van der Waals surface area contributed by atoms with Crippen molar-refractivity contribution >= 4 is 23.6 Å². The molecule has 0 aliphatic rings. The Hall–Kier alpha value is -3.35. The summed E-state index contributed by atoms with van der Waals surface area (Å²) in [6, 6.07) is 14.0. The summed E-state index contributed by atoms with van der Waals surface area (Å²) in [7, 11) is 0. The van der Waals surface area contributed by atoms with Gasteiger partial charge in [0.1, 0.15) is 6.04 Å². The number of aliphatic carboxylic acids is 1. The molecule has 7 nitrogen and oxygen atoms in total. The molecule has 0 aliphatic heterocycles. The maximum absolute atomic E-state index is 12.4. The van der Waals surface area contributed by atoms with Crippen LogP contribution in [0.3, 0.4) is 0 Å². The number of nitrogens with one attached hydrogen (secondary N) is 3. The van der Waals surface area contributed by atoms with E-state index in [1.54, 1.807) is 12.1 Å². The van der Waals surface area contributed by atoms with Crippen LogP contribution in [0, 0.1) is 0 Å². The van der Waals surface area contributed by atoms with Crippen molar-refractivity contribution in [3.63, 3.8) is 0 Å². The van der Waals surface area contributed by atoms with Crippen LogP contribution in [0.25, 0.3) is 0 Å². The molecule has 27 heavy (non-hydrogen) atoms. The first-order valence-electron chi connectivity index (χ1n) is 8.60. The van der Waals surface area contributed by atoms with E-state index in [0.29, 0.717) is 11.3 Å². The Balaban J connectivity index is 1.99. The fourth-order valence-electron chi connectivity index (χ4n) is 2.43. The van der Waals surface area contributed by atoms with Crippen LogP contribution < -0.4 is 16.0 Å². The monoisotopic (exact) mass is 369 g/mol. The molecule has 3 amide bonds. The van der Waals surface area contributed by atoms with Crippen molar-refractivity contribution in [1.82, 2.24) is 10.6 Å². The minimum Gasteiger partial charge on any atom is -0.480 e. The number of urea groups is 1. The highest BCUT2D eigenvalue weighted by Crippen LogP contribution is 2.11. The number of anilines is 1. The van der Waals surface area contributed by atoms with E-state index in [9.17, 15) is 19.5 Å². The van der Waals surface area contributed by atoms with Crippen molar-refractivity contribution in [2.45, 2.75) is 32.4 Å². The normalized spacial score (nSPS) is 11.5. The number of carbonyl (C=O) groups excluding carboxylic acids is 2. The second-order valence-electron chi connectivity index (χ2n) is 6.38. The standard InChI is InChI=1S/C20H23N3O4/c1-13(2)21-20(27)22-16-10-8-15(9-11-16)18(24)23-17(19(25)26)12-14-6-4-3-5-7-14/h3-11,13,17H,12H2,1-2H3,(H,23,24)(H,25,26)(H2,21,22,27). The molecule has 0 heterocycles. The summed E-state index contributed by atoms with van der Waals surface area (Å²) in [4.78, 5) is 35.5. The van der Waals surface area contributed by atoms with E-state index in [0.717, 1.165) is 5.56 Å². The Kier molecular flexibility index (Phi) is 6.93. The fourth-order valence-corrected chi connectivity index (χ4v) is 2.43. The Morgan fingerprint density at radius 1 is 0.926 bits per heavy atom. The first-order chi connectivity index (χ1) is 12.8. The summed E-state index contributed by atoms with van der Waals surface area (Å²) in [6.07, 6.45) is 0.191. The molecule has 0 radical (unpaired) electrons. The zero-order chi connectivity index (χ0) is 19.8. The average molecular weight is 369 g/mol. The summed E-state index contributed by atoms with van der Waals surface area (Å²) in [6.45, 7) is 3.70. The van der Waals surface area contributed by atoms with Crippen LogP contribution in [0.2, 0.25) is 0 Å². The van der Waals surface area contributed by atoms with Crippen LogP contribution in [0.15, 0.2) is 54.6 Å². The summed E-state index contributed by atoms with van der Waals surface area (Å²) in [5.41, 5.74) is 1.66. The molecule has 1 unspecified atom stereocenters. The highest BCUT2D eigenvalue weighted by Gasteiger charge is 2.21. The van der Waals surface area contributed by atoms with Crippen LogP contribution in [-0.4, -0.2) is 35.1 Å². The minimum absolute atomic E-state index is 0.00705. The SMILES string of the molecule is CC(C)NC(=O)Nc1ccc(C(=O)NC(Cc2ccccc2)C(=O)O)cc1. The molecule has 0 spiro atoms. The van der Waals surface area contributed by atoms with Crippen molar-refractivity contribution in [3.8, 4) is 0 Å². The van der Waals surface area contributed by atoms with Gasteiger partial charge in [-0.15, -0.1) is 0 Å². The highest BCUT2D eigenvalue weighted by molar-refractivity contribution is 5.97. The van der Waals surface area contributed by atoms with Crippen LogP contribution in [-0.2, 0) is 11.2 Å². The number of carboxylic acid groups (broad SMARTS) is 1. The minimum atomic E-state index is -1.10. The van der Waals surface area contributed by atoms with Gasteiger partial charge in [-0.05, 0) is 43.7 Å². The van der Waals surface area contributed by atoms with Gasteiger partial charge in [0.15, 0.2) is 0 Å². The van der Waals surface area contributed by atoms with Crippen molar-refractivity contribution in [2.24, 2.45) is 0 Å². The van der Waals surface area contributed by atoms with Crippen molar-refractivity contribution in [2.75, 3.05) is 5.32 Å². The molecule has 2 rings (SSSR count). The van der Waals surface area contributed by atoms with Gasteiger partial charge in [0, 0.05) is 23.7 Å². The number of carboxylic acids is 1. The van der Waals surface area contributed by atoms with Crippen LogP contribution in [0.4, 0.5) is 10.5 Å². The predicted octanol–water partition coefficient (Wildman–Crippen LogP) is 2.64. The number of amides is 3. The molecule has 2 aromatic rings. The Morgan fingerprint density at radius 3 is 2.11 bits per heavy atom. The van der Waals surface area contributed by atoms with Gasteiger partial charge in [-0.2, -0.15) is 0 Å². The molecular formula is C20H23N3O4. The van der Waals surface area contributed by atoms with Gasteiger partial charge in [-0.25, -0.2) is 9.59 Å². The second-order valence-corrected chi connectivity index (χ2v) is 6.38. The van der Waals surface area contributed by atoms with E-state index in [2.05, 4.69) is 16.0 Å². The zero-order valence-electron chi connectivity index (χ0n) is 15.2. The molecule has 0 aromatic heterocycles. The van der Waals surface area contributed by atoms with E-state index < -0.39 is 17.9 Å². The molecule has 2 aromatic carbocycles. The number of benzene rings is 2. The molecule has 0 saturated carbocycles. The molecular weight excluding hydrogens is 346 g/mol. The summed E-state index contributed by atoms with van der Waals surface area (Å²) in [5, 5.41) is 17.3. The lowest BCUT2D eigenvalue weighted by atomic mass is 10.1. The molecule has 0 fully saturated rings. The Labute approximate surface area is 157 Å². The first kappa shape index (κ1) is 20.0. The van der Waals surface area contributed by atoms with E-state index in [1.165, 1.54) is 12.1 Å². The van der Waals surface area contributed by atoms with Gasteiger partial charge in [-0.3, -0.25) is 4.79 Å². The van der Waals surface area contributed by atoms with Gasteiger partial charge in [0.05, 0.1) is 0 Å².